The smallest absolute Gasteiger partial charge is 0.227 e. The fourth-order valence-electron chi connectivity index (χ4n) is 4.87. The molecular formula is C25H25ClN2O3S. The number of benzene rings is 3. The minimum absolute atomic E-state index is 0.0292. The molecule has 1 heterocycles. The fraction of sp³-hybridized carbons (Fsp3) is 0.320. The number of piperidine rings is 1. The number of anilines is 1. The molecule has 166 valence electrons. The second-order valence-electron chi connectivity index (χ2n) is 8.66. The van der Waals surface area contributed by atoms with Crippen molar-refractivity contribution in [1.82, 2.24) is 4.31 Å². The van der Waals surface area contributed by atoms with E-state index in [1.165, 1.54) is 20.8 Å². The lowest BCUT2D eigenvalue weighted by Crippen LogP contribution is -2.41. The van der Waals surface area contributed by atoms with Crippen molar-refractivity contribution in [3.63, 3.8) is 0 Å². The quantitative estimate of drug-likeness (QED) is 0.586. The Hall–Kier alpha value is -2.41. The first-order valence-electron chi connectivity index (χ1n) is 11.0. The molecule has 1 aliphatic heterocycles. The molecule has 3 aromatic carbocycles. The van der Waals surface area contributed by atoms with E-state index in [0.29, 0.717) is 36.5 Å². The highest BCUT2D eigenvalue weighted by Crippen LogP contribution is 2.35. The molecule has 0 aromatic heterocycles. The molecule has 3 aromatic rings. The van der Waals surface area contributed by atoms with Crippen LogP contribution in [0.15, 0.2) is 54.6 Å². The lowest BCUT2D eigenvalue weighted by atomic mass is 9.96. The van der Waals surface area contributed by atoms with Gasteiger partial charge in [0.1, 0.15) is 0 Å². The van der Waals surface area contributed by atoms with E-state index in [0.717, 1.165) is 23.9 Å². The summed E-state index contributed by atoms with van der Waals surface area (Å²) in [6.45, 7) is 0.718. The van der Waals surface area contributed by atoms with Crippen LogP contribution in [0.2, 0.25) is 5.02 Å². The lowest BCUT2D eigenvalue weighted by Gasteiger charge is -2.30. The Bertz CT molecular complexity index is 1270. The van der Waals surface area contributed by atoms with Gasteiger partial charge in [0.15, 0.2) is 0 Å². The van der Waals surface area contributed by atoms with Gasteiger partial charge in [-0.25, -0.2) is 12.7 Å². The van der Waals surface area contributed by atoms with Gasteiger partial charge in [0.2, 0.25) is 15.9 Å². The number of sulfonamides is 1. The van der Waals surface area contributed by atoms with Crippen molar-refractivity contribution in [2.45, 2.75) is 31.4 Å². The van der Waals surface area contributed by atoms with Gasteiger partial charge in [-0.2, -0.15) is 0 Å². The number of carbonyl (C=O) groups excluding carboxylic acids is 1. The van der Waals surface area contributed by atoms with Crippen LogP contribution in [0.3, 0.4) is 0 Å². The third-order valence-corrected chi connectivity index (χ3v) is 8.72. The summed E-state index contributed by atoms with van der Waals surface area (Å²) in [5, 5.41) is 6.06. The highest BCUT2D eigenvalue weighted by molar-refractivity contribution is 7.88. The van der Waals surface area contributed by atoms with E-state index in [-0.39, 0.29) is 17.6 Å². The van der Waals surface area contributed by atoms with E-state index in [2.05, 4.69) is 23.5 Å². The van der Waals surface area contributed by atoms with E-state index in [4.69, 9.17) is 11.6 Å². The normalized spacial score (nSPS) is 17.0. The zero-order valence-electron chi connectivity index (χ0n) is 17.7. The van der Waals surface area contributed by atoms with Gasteiger partial charge in [0, 0.05) is 35.1 Å². The molecule has 7 heteroatoms. The van der Waals surface area contributed by atoms with Crippen molar-refractivity contribution in [1.29, 1.82) is 0 Å². The van der Waals surface area contributed by atoms with E-state index >= 15 is 0 Å². The molecule has 1 aliphatic carbocycles. The maximum atomic E-state index is 13.0. The molecule has 1 amide bonds. The van der Waals surface area contributed by atoms with Crippen LogP contribution < -0.4 is 5.32 Å². The van der Waals surface area contributed by atoms with Gasteiger partial charge in [-0.1, -0.05) is 48.0 Å². The summed E-state index contributed by atoms with van der Waals surface area (Å²) in [5.74, 6) is -0.278. The van der Waals surface area contributed by atoms with Crippen LogP contribution in [0.1, 0.15) is 29.5 Å². The molecule has 0 unspecified atom stereocenters. The first-order valence-corrected chi connectivity index (χ1v) is 13.0. The molecule has 5 nitrogen and oxygen atoms in total. The van der Waals surface area contributed by atoms with Gasteiger partial charge < -0.3 is 5.32 Å². The maximum Gasteiger partial charge on any atom is 0.227 e. The van der Waals surface area contributed by atoms with Gasteiger partial charge in [0.05, 0.1) is 5.75 Å². The molecule has 2 aliphatic rings. The van der Waals surface area contributed by atoms with Gasteiger partial charge >= 0.3 is 0 Å². The first kappa shape index (κ1) is 21.4. The molecule has 0 saturated carbocycles. The number of hydrogen-bond donors (Lipinski definition) is 1. The molecule has 0 atom stereocenters. The Labute approximate surface area is 193 Å². The monoisotopic (exact) mass is 468 g/mol. The highest BCUT2D eigenvalue weighted by Gasteiger charge is 2.31. The van der Waals surface area contributed by atoms with Crippen LogP contribution in [0, 0.1) is 5.92 Å². The third kappa shape index (κ3) is 4.15. The third-order valence-electron chi connectivity index (χ3n) is 6.62. The van der Waals surface area contributed by atoms with E-state index in [1.54, 1.807) is 24.3 Å². The SMILES string of the molecule is O=C(Nc1ccc2c3c(cccc13)CC2)C1CCN(S(=O)(=O)Cc2ccc(Cl)cc2)CC1. The number of amides is 1. The Balaban J connectivity index is 1.24. The van der Waals surface area contributed by atoms with Crippen molar-refractivity contribution in [3.8, 4) is 0 Å². The topological polar surface area (TPSA) is 66.5 Å². The molecule has 0 spiro atoms. The second-order valence-corrected chi connectivity index (χ2v) is 11.1. The summed E-state index contributed by atoms with van der Waals surface area (Å²) < 4.78 is 27.1. The van der Waals surface area contributed by atoms with Gasteiger partial charge in [-0.3, -0.25) is 4.79 Å². The number of nitrogens with zero attached hydrogens (tertiary/aromatic N) is 1. The van der Waals surface area contributed by atoms with Crippen LogP contribution in [-0.4, -0.2) is 31.7 Å². The number of nitrogens with one attached hydrogen (secondary N) is 1. The van der Waals surface area contributed by atoms with Gasteiger partial charge in [-0.05, 0) is 66.0 Å². The van der Waals surface area contributed by atoms with E-state index in [1.807, 2.05) is 12.1 Å². The zero-order valence-corrected chi connectivity index (χ0v) is 19.3. The standard InChI is InChI=1S/C25H25ClN2O3S/c26-21-9-4-17(5-10-21)16-32(30,31)28-14-12-20(13-15-28)25(29)27-23-11-8-19-7-6-18-2-1-3-22(23)24(18)19/h1-5,8-11,20H,6-7,12-16H2,(H,27,29). The largest absolute Gasteiger partial charge is 0.325 e. The average Bonchev–Trinajstić information content (AvgIpc) is 3.22. The van der Waals surface area contributed by atoms with Crippen LogP contribution in [0.5, 0.6) is 0 Å². The van der Waals surface area contributed by atoms with E-state index in [9.17, 15) is 13.2 Å². The fourth-order valence-corrected chi connectivity index (χ4v) is 6.56. The lowest BCUT2D eigenvalue weighted by molar-refractivity contribution is -0.120. The summed E-state index contributed by atoms with van der Waals surface area (Å²) in [5.41, 5.74) is 4.23. The van der Waals surface area contributed by atoms with Gasteiger partial charge in [0.25, 0.3) is 0 Å². The van der Waals surface area contributed by atoms with Crippen molar-refractivity contribution in [2.24, 2.45) is 5.92 Å². The minimum Gasteiger partial charge on any atom is -0.325 e. The number of aryl methyl sites for hydroxylation is 2. The predicted octanol–water partition coefficient (Wildman–Crippen LogP) is 4.77. The molecule has 0 radical (unpaired) electrons. The highest BCUT2D eigenvalue weighted by atomic mass is 35.5. The molecule has 5 rings (SSSR count). The van der Waals surface area contributed by atoms with Crippen molar-refractivity contribution < 1.29 is 13.2 Å². The average molecular weight is 469 g/mol. The zero-order chi connectivity index (χ0) is 22.3. The first-order chi connectivity index (χ1) is 15.4. The predicted molar refractivity (Wildman–Crippen MR) is 128 cm³/mol. The number of rotatable bonds is 5. The number of halogens is 1. The van der Waals surface area contributed by atoms with Crippen LogP contribution in [0.4, 0.5) is 5.69 Å². The summed E-state index contributed by atoms with van der Waals surface area (Å²) in [6, 6.07) is 17.2. The summed E-state index contributed by atoms with van der Waals surface area (Å²) in [6.07, 6.45) is 3.14. The second kappa shape index (κ2) is 8.50. The number of hydrogen-bond acceptors (Lipinski definition) is 3. The van der Waals surface area contributed by atoms with Gasteiger partial charge in [-0.15, -0.1) is 0 Å². The summed E-state index contributed by atoms with van der Waals surface area (Å²) in [4.78, 5) is 13.0. The molecule has 1 saturated heterocycles. The summed E-state index contributed by atoms with van der Waals surface area (Å²) >= 11 is 5.89. The Morgan fingerprint density at radius 1 is 0.969 bits per heavy atom. The Kier molecular flexibility index (Phi) is 5.70. The van der Waals surface area contributed by atoms with Crippen LogP contribution in [-0.2, 0) is 33.4 Å². The van der Waals surface area contributed by atoms with E-state index < -0.39 is 10.0 Å². The molecule has 1 fully saturated rings. The summed E-state index contributed by atoms with van der Waals surface area (Å²) in [7, 11) is -3.43. The minimum atomic E-state index is -3.43. The van der Waals surface area contributed by atoms with Crippen LogP contribution in [0.25, 0.3) is 10.8 Å². The molecule has 1 N–H and O–H groups in total. The number of carbonyl (C=O) groups is 1. The Morgan fingerprint density at radius 2 is 1.66 bits per heavy atom. The van der Waals surface area contributed by atoms with Crippen molar-refractivity contribution >= 4 is 44.0 Å². The van der Waals surface area contributed by atoms with Crippen molar-refractivity contribution in [3.05, 3.63) is 76.3 Å². The molecule has 0 bridgehead atoms. The molecule has 32 heavy (non-hydrogen) atoms. The maximum absolute atomic E-state index is 13.0. The Morgan fingerprint density at radius 3 is 2.38 bits per heavy atom. The van der Waals surface area contributed by atoms with Crippen molar-refractivity contribution in [2.75, 3.05) is 18.4 Å². The molecular weight excluding hydrogens is 444 g/mol. The van der Waals surface area contributed by atoms with Crippen LogP contribution >= 0.6 is 11.6 Å².